The van der Waals surface area contributed by atoms with E-state index in [0.29, 0.717) is 66.8 Å². The Kier molecular flexibility index (Phi) is 9.95. The molecular formula is C38H31ClN4O5S. The van der Waals surface area contributed by atoms with E-state index in [4.69, 9.17) is 30.8 Å². The number of anilines is 1. The molecule has 1 atom stereocenters. The summed E-state index contributed by atoms with van der Waals surface area (Å²) in [6, 6.07) is 28.5. The van der Waals surface area contributed by atoms with Crippen molar-refractivity contribution < 1.29 is 19.0 Å². The smallest absolute Gasteiger partial charge is 0.271 e. The van der Waals surface area contributed by atoms with Crippen molar-refractivity contribution in [2.45, 2.75) is 26.5 Å². The molecule has 49 heavy (non-hydrogen) atoms. The van der Waals surface area contributed by atoms with Crippen LogP contribution in [-0.4, -0.2) is 24.2 Å². The maximum absolute atomic E-state index is 14.2. The van der Waals surface area contributed by atoms with Crippen molar-refractivity contribution in [3.8, 4) is 23.3 Å². The van der Waals surface area contributed by atoms with Crippen LogP contribution >= 0.6 is 22.9 Å². The molecular weight excluding hydrogens is 660 g/mol. The summed E-state index contributed by atoms with van der Waals surface area (Å²) in [6.07, 6.45) is 1.71. The summed E-state index contributed by atoms with van der Waals surface area (Å²) in [5.74, 6) is 1.01. The first kappa shape index (κ1) is 33.3. The molecule has 0 unspecified atom stereocenters. The van der Waals surface area contributed by atoms with E-state index in [9.17, 15) is 14.9 Å². The van der Waals surface area contributed by atoms with Crippen molar-refractivity contribution in [1.82, 2.24) is 4.57 Å². The summed E-state index contributed by atoms with van der Waals surface area (Å²) in [6.45, 7) is 4.30. The van der Waals surface area contributed by atoms with E-state index in [1.807, 2.05) is 61.5 Å². The Morgan fingerprint density at radius 1 is 1.06 bits per heavy atom. The Morgan fingerprint density at radius 2 is 1.80 bits per heavy atom. The van der Waals surface area contributed by atoms with E-state index in [0.717, 1.165) is 5.56 Å². The number of benzene rings is 4. The number of aromatic nitrogens is 1. The predicted octanol–water partition coefficient (Wildman–Crippen LogP) is 6.39. The van der Waals surface area contributed by atoms with Gasteiger partial charge in [-0.05, 0) is 73.5 Å². The molecule has 0 bridgehead atoms. The molecule has 9 nitrogen and oxygen atoms in total. The van der Waals surface area contributed by atoms with Crippen LogP contribution in [0.3, 0.4) is 0 Å². The lowest BCUT2D eigenvalue weighted by molar-refractivity contribution is -0.113. The second kappa shape index (κ2) is 14.6. The van der Waals surface area contributed by atoms with E-state index >= 15 is 0 Å². The zero-order chi connectivity index (χ0) is 34.5. The number of para-hydroxylation sites is 1. The molecule has 0 saturated carbocycles. The Balaban J connectivity index is 1.40. The molecule has 1 aliphatic rings. The molecule has 0 saturated heterocycles. The van der Waals surface area contributed by atoms with Gasteiger partial charge >= 0.3 is 0 Å². The number of rotatable bonds is 10. The van der Waals surface area contributed by atoms with Crippen LogP contribution < -0.4 is 34.4 Å². The van der Waals surface area contributed by atoms with Gasteiger partial charge in [-0.2, -0.15) is 5.26 Å². The molecule has 0 spiro atoms. The van der Waals surface area contributed by atoms with Gasteiger partial charge in [0.05, 0.1) is 52.2 Å². The summed E-state index contributed by atoms with van der Waals surface area (Å²) in [4.78, 5) is 33.2. The number of methoxy groups -OCH3 is 1. The molecule has 1 aliphatic heterocycles. The number of nitriles is 1. The number of allylic oxidation sites excluding steroid dienone is 1. The number of nitrogens with one attached hydrogen (secondary N) is 1. The lowest BCUT2D eigenvalue weighted by Gasteiger charge is -2.25. The van der Waals surface area contributed by atoms with Gasteiger partial charge in [0, 0.05) is 11.3 Å². The van der Waals surface area contributed by atoms with Crippen molar-refractivity contribution in [3.05, 3.63) is 149 Å². The lowest BCUT2D eigenvalue weighted by atomic mass is 9.95. The molecule has 1 N–H and O–H groups in total. The number of nitrogens with zero attached hydrogens (tertiary/aromatic N) is 3. The first-order chi connectivity index (χ1) is 23.8. The van der Waals surface area contributed by atoms with Crippen LogP contribution in [0.4, 0.5) is 5.69 Å². The fraction of sp³-hybridized carbons (Fsp3) is 0.158. The number of amides is 1. The highest BCUT2D eigenvalue weighted by atomic mass is 35.5. The van der Waals surface area contributed by atoms with Gasteiger partial charge in [-0.15, -0.1) is 0 Å². The summed E-state index contributed by atoms with van der Waals surface area (Å²) in [5.41, 5.74) is 3.72. The maximum atomic E-state index is 14.2. The number of hydrogen-bond acceptors (Lipinski definition) is 8. The van der Waals surface area contributed by atoms with Crippen molar-refractivity contribution in [2.75, 3.05) is 19.0 Å². The highest BCUT2D eigenvalue weighted by Crippen LogP contribution is 2.37. The van der Waals surface area contributed by atoms with Gasteiger partial charge in [0.15, 0.2) is 16.3 Å². The van der Waals surface area contributed by atoms with Crippen LogP contribution in [0.25, 0.3) is 6.08 Å². The zero-order valence-electron chi connectivity index (χ0n) is 26.9. The molecule has 6 rings (SSSR count). The topological polar surface area (TPSA) is 115 Å². The summed E-state index contributed by atoms with van der Waals surface area (Å²) in [5, 5.41) is 12.7. The van der Waals surface area contributed by atoms with E-state index in [-0.39, 0.29) is 23.1 Å². The fourth-order valence-corrected chi connectivity index (χ4v) is 6.90. The Bertz CT molecular complexity index is 2290. The van der Waals surface area contributed by atoms with E-state index in [1.54, 1.807) is 54.0 Å². The summed E-state index contributed by atoms with van der Waals surface area (Å²) >= 11 is 7.90. The van der Waals surface area contributed by atoms with Crippen molar-refractivity contribution in [3.63, 3.8) is 0 Å². The standard InChI is InChI=1S/C38H31ClN4O5S/c1-4-47-29-16-14-25(15-17-29)34-33(36(44)42-28-12-6-5-7-13-28)23(2)41-38-43(34)37(45)32(49-38)20-24-18-30(39)35(31(19-24)46-3)48-22-27-11-9-8-10-26(27)21-40/h5-20,34H,4,22H2,1-3H3,(H,42,44)/b32-20-/t34-/m1/s1. The number of thiazole rings is 1. The van der Waals surface area contributed by atoms with Crippen molar-refractivity contribution >= 4 is 40.6 Å². The van der Waals surface area contributed by atoms with Gasteiger partial charge in [0.1, 0.15) is 12.4 Å². The van der Waals surface area contributed by atoms with Gasteiger partial charge < -0.3 is 19.5 Å². The molecule has 0 radical (unpaired) electrons. The third-order valence-electron chi connectivity index (χ3n) is 7.86. The first-order valence-corrected chi connectivity index (χ1v) is 16.6. The van der Waals surface area contributed by atoms with Gasteiger partial charge in [0.2, 0.25) is 0 Å². The SMILES string of the molecule is CCOc1ccc([C@@H]2C(C(=O)Nc3ccccc3)=C(C)N=c3s/c(=C\c4cc(Cl)c(OCc5ccccc5C#N)c(OC)c4)c(=O)n32)cc1. The molecule has 0 fully saturated rings. The molecule has 1 aromatic heterocycles. The van der Waals surface area contributed by atoms with Gasteiger partial charge in [-0.1, -0.05) is 71.5 Å². The molecule has 4 aromatic carbocycles. The van der Waals surface area contributed by atoms with E-state index < -0.39 is 6.04 Å². The molecule has 1 amide bonds. The number of carbonyl (C=O) groups is 1. The normalized spacial score (nSPS) is 14.0. The fourth-order valence-electron chi connectivity index (χ4n) is 5.58. The van der Waals surface area contributed by atoms with Crippen LogP contribution in [0, 0.1) is 11.3 Å². The third-order valence-corrected chi connectivity index (χ3v) is 9.13. The maximum Gasteiger partial charge on any atom is 0.271 e. The molecule has 5 aromatic rings. The van der Waals surface area contributed by atoms with Crippen LogP contribution in [-0.2, 0) is 11.4 Å². The van der Waals surface area contributed by atoms with E-state index in [2.05, 4.69) is 11.4 Å². The third kappa shape index (κ3) is 6.99. The Morgan fingerprint density at radius 3 is 2.51 bits per heavy atom. The van der Waals surface area contributed by atoms with Crippen LogP contribution in [0.2, 0.25) is 5.02 Å². The Labute approximate surface area is 291 Å². The minimum absolute atomic E-state index is 0.114. The van der Waals surface area contributed by atoms with Gasteiger partial charge in [0.25, 0.3) is 11.5 Å². The number of fused-ring (bicyclic) bond motifs is 1. The van der Waals surface area contributed by atoms with Crippen molar-refractivity contribution in [1.29, 1.82) is 5.26 Å². The number of halogens is 1. The minimum Gasteiger partial charge on any atom is -0.494 e. The zero-order valence-corrected chi connectivity index (χ0v) is 28.5. The molecule has 11 heteroatoms. The summed E-state index contributed by atoms with van der Waals surface area (Å²) < 4.78 is 19.2. The first-order valence-electron chi connectivity index (χ1n) is 15.4. The molecule has 2 heterocycles. The lowest BCUT2D eigenvalue weighted by Crippen LogP contribution is -2.40. The second-order valence-electron chi connectivity index (χ2n) is 11.0. The van der Waals surface area contributed by atoms with Crippen LogP contribution in [0.15, 0.2) is 112 Å². The number of hydrogen-bond donors (Lipinski definition) is 1. The molecule has 0 aliphatic carbocycles. The van der Waals surface area contributed by atoms with Crippen molar-refractivity contribution in [2.24, 2.45) is 4.99 Å². The Hall–Kier alpha value is -5.63. The predicted molar refractivity (Wildman–Crippen MR) is 190 cm³/mol. The van der Waals surface area contributed by atoms with Gasteiger partial charge in [-0.3, -0.25) is 14.2 Å². The monoisotopic (exact) mass is 690 g/mol. The van der Waals surface area contributed by atoms with Crippen LogP contribution in [0.1, 0.15) is 42.1 Å². The van der Waals surface area contributed by atoms with Gasteiger partial charge in [-0.25, -0.2) is 4.99 Å². The molecule has 246 valence electrons. The van der Waals surface area contributed by atoms with Crippen LogP contribution in [0.5, 0.6) is 17.2 Å². The highest BCUT2D eigenvalue weighted by molar-refractivity contribution is 7.07. The summed E-state index contributed by atoms with van der Waals surface area (Å²) in [7, 11) is 1.50. The number of ether oxygens (including phenoxy) is 3. The largest absolute Gasteiger partial charge is 0.494 e. The quantitative estimate of drug-likeness (QED) is 0.182. The second-order valence-corrected chi connectivity index (χ2v) is 12.4. The average Bonchev–Trinajstić information content (AvgIpc) is 3.41. The van der Waals surface area contributed by atoms with E-state index in [1.165, 1.54) is 18.4 Å². The minimum atomic E-state index is -0.747. The highest BCUT2D eigenvalue weighted by Gasteiger charge is 2.32. The average molecular weight is 691 g/mol. The number of carbonyl (C=O) groups excluding carboxylic acids is 1.